The Morgan fingerprint density at radius 1 is 1.36 bits per heavy atom. The second-order valence-electron chi connectivity index (χ2n) is 8.74. The lowest BCUT2D eigenvalue weighted by molar-refractivity contribution is -0.116. The average molecular weight is 403 g/mol. The molecule has 0 saturated carbocycles. The van der Waals surface area contributed by atoms with Gasteiger partial charge in [-0.3, -0.25) is 9.48 Å². The van der Waals surface area contributed by atoms with Crippen molar-refractivity contribution < 1.29 is 14.0 Å². The van der Waals surface area contributed by atoms with Gasteiger partial charge < -0.3 is 19.4 Å². The van der Waals surface area contributed by atoms with Crippen LogP contribution < -0.4 is 19.4 Å². The molecule has 0 unspecified atom stereocenters. The number of ether oxygens (including phenoxy) is 1. The van der Waals surface area contributed by atoms with Crippen molar-refractivity contribution in [1.82, 2.24) is 9.78 Å². The summed E-state index contributed by atoms with van der Waals surface area (Å²) in [5.41, 5.74) is 1.74. The molecule has 0 bridgehead atoms. The summed E-state index contributed by atoms with van der Waals surface area (Å²) < 4.78 is 13.5. The van der Waals surface area contributed by atoms with Crippen LogP contribution in [0.2, 0.25) is 18.1 Å². The number of nitrogens with one attached hydrogen (secondary N) is 1. The van der Waals surface area contributed by atoms with Gasteiger partial charge in [-0.15, -0.1) is 0 Å². The van der Waals surface area contributed by atoms with E-state index >= 15 is 0 Å². The molecule has 1 aromatic heterocycles. The van der Waals surface area contributed by atoms with Crippen LogP contribution in [-0.4, -0.2) is 44.2 Å². The highest BCUT2D eigenvalue weighted by atomic mass is 28.4. The molecule has 28 heavy (non-hydrogen) atoms. The van der Waals surface area contributed by atoms with Crippen molar-refractivity contribution in [1.29, 1.82) is 0 Å². The fraction of sp³-hybridized carbons (Fsp3) is 0.500. The summed E-state index contributed by atoms with van der Waals surface area (Å²) in [5.74, 6) is 1.35. The Kier molecular flexibility index (Phi) is 5.43. The summed E-state index contributed by atoms with van der Waals surface area (Å²) in [7, 11) is 0.104. The van der Waals surface area contributed by atoms with Gasteiger partial charge >= 0.3 is 0 Å². The zero-order valence-corrected chi connectivity index (χ0v) is 18.6. The van der Waals surface area contributed by atoms with Gasteiger partial charge in [-0.1, -0.05) is 20.8 Å². The molecule has 2 heterocycles. The third-order valence-corrected chi connectivity index (χ3v) is 9.79. The van der Waals surface area contributed by atoms with Gasteiger partial charge in [0.2, 0.25) is 5.91 Å². The second kappa shape index (κ2) is 7.50. The molecule has 1 aliphatic rings. The SMILES string of the molecule is CN1CCOc2cc(NC(=O)Cn3cc(O[Si](C)(C)C(C)(C)C)cn3)ccc21. The molecule has 8 heteroatoms. The Morgan fingerprint density at radius 3 is 2.82 bits per heavy atom. The van der Waals surface area contributed by atoms with Crippen LogP contribution >= 0.6 is 0 Å². The van der Waals surface area contributed by atoms with Gasteiger partial charge in [0.05, 0.1) is 24.6 Å². The molecule has 1 N–H and O–H groups in total. The van der Waals surface area contributed by atoms with Crippen LogP contribution in [0.3, 0.4) is 0 Å². The number of aromatic nitrogens is 2. The maximum atomic E-state index is 12.4. The van der Waals surface area contributed by atoms with Crippen LogP contribution in [0.1, 0.15) is 20.8 Å². The summed E-state index contributed by atoms with van der Waals surface area (Å²) in [6.07, 6.45) is 3.46. The topological polar surface area (TPSA) is 68.6 Å². The third-order valence-electron chi connectivity index (χ3n) is 5.43. The van der Waals surface area contributed by atoms with Crippen molar-refractivity contribution in [3.63, 3.8) is 0 Å². The number of carbonyl (C=O) groups excluding carboxylic acids is 1. The van der Waals surface area contributed by atoms with Crippen LogP contribution in [0.4, 0.5) is 11.4 Å². The van der Waals surface area contributed by atoms with Crippen LogP contribution in [0, 0.1) is 0 Å². The van der Waals surface area contributed by atoms with Gasteiger partial charge in [-0.2, -0.15) is 5.10 Å². The number of hydrogen-bond acceptors (Lipinski definition) is 5. The molecule has 152 valence electrons. The first-order valence-corrected chi connectivity index (χ1v) is 12.5. The number of hydrogen-bond donors (Lipinski definition) is 1. The number of carbonyl (C=O) groups is 1. The first-order chi connectivity index (χ1) is 13.0. The summed E-state index contributed by atoms with van der Waals surface area (Å²) in [6, 6.07) is 5.71. The van der Waals surface area contributed by atoms with Gasteiger partial charge in [0.15, 0.2) is 0 Å². The molecule has 1 aromatic carbocycles. The number of fused-ring (bicyclic) bond motifs is 1. The number of nitrogens with zero attached hydrogens (tertiary/aromatic N) is 3. The number of amides is 1. The Balaban J connectivity index is 1.61. The van der Waals surface area contributed by atoms with Crippen molar-refractivity contribution in [3.05, 3.63) is 30.6 Å². The molecule has 0 radical (unpaired) electrons. The summed E-state index contributed by atoms with van der Waals surface area (Å²) in [5, 5.41) is 7.28. The largest absolute Gasteiger partial charge is 0.541 e. The van der Waals surface area contributed by atoms with Gasteiger partial charge in [0, 0.05) is 18.8 Å². The molecule has 0 aliphatic carbocycles. The average Bonchev–Trinajstić information content (AvgIpc) is 3.00. The molecule has 3 rings (SSSR count). The molecule has 1 aliphatic heterocycles. The van der Waals surface area contributed by atoms with Crippen LogP contribution in [0.25, 0.3) is 0 Å². The lowest BCUT2D eigenvalue weighted by Gasteiger charge is -2.35. The van der Waals surface area contributed by atoms with Crippen LogP contribution in [-0.2, 0) is 11.3 Å². The smallest absolute Gasteiger partial charge is 0.250 e. The normalized spacial score (nSPS) is 14.3. The van der Waals surface area contributed by atoms with Crippen LogP contribution in [0.5, 0.6) is 11.5 Å². The lowest BCUT2D eigenvalue weighted by atomic mass is 10.2. The summed E-state index contributed by atoms with van der Waals surface area (Å²) in [6.45, 7) is 12.6. The highest BCUT2D eigenvalue weighted by molar-refractivity contribution is 6.74. The lowest BCUT2D eigenvalue weighted by Crippen LogP contribution is -2.43. The van der Waals surface area contributed by atoms with E-state index in [1.54, 1.807) is 17.1 Å². The molecular weight excluding hydrogens is 372 g/mol. The fourth-order valence-electron chi connectivity index (χ4n) is 2.71. The Hall–Kier alpha value is -2.48. The molecule has 0 atom stereocenters. The Morgan fingerprint density at radius 2 is 2.11 bits per heavy atom. The Bertz CT molecular complexity index is 857. The first-order valence-electron chi connectivity index (χ1n) is 9.54. The van der Waals surface area contributed by atoms with Gasteiger partial charge in [0.1, 0.15) is 24.7 Å². The zero-order chi connectivity index (χ0) is 20.5. The van der Waals surface area contributed by atoms with E-state index in [4.69, 9.17) is 9.16 Å². The van der Waals surface area contributed by atoms with Crippen molar-refractivity contribution in [2.24, 2.45) is 0 Å². The van der Waals surface area contributed by atoms with Gasteiger partial charge in [0.25, 0.3) is 8.32 Å². The van der Waals surface area contributed by atoms with Crippen molar-refractivity contribution in [2.45, 2.75) is 45.4 Å². The van der Waals surface area contributed by atoms with Crippen LogP contribution in [0.15, 0.2) is 30.6 Å². The quantitative estimate of drug-likeness (QED) is 0.772. The molecule has 1 amide bonds. The number of rotatable bonds is 5. The number of benzene rings is 1. The minimum Gasteiger partial charge on any atom is -0.541 e. The van der Waals surface area contributed by atoms with Gasteiger partial charge in [-0.05, 0) is 30.3 Å². The molecular formula is C20H30N4O3Si. The third kappa shape index (κ3) is 4.49. The standard InChI is InChI=1S/C20H30N4O3Si/c1-20(2,3)28(5,6)27-16-12-21-24(13-16)14-19(25)22-15-7-8-17-18(11-15)26-10-9-23(17)4/h7-8,11-13H,9-10,14H2,1-6H3,(H,22,25). The van der Waals surface area contributed by atoms with E-state index < -0.39 is 8.32 Å². The first kappa shape index (κ1) is 20.3. The highest BCUT2D eigenvalue weighted by Crippen LogP contribution is 2.37. The molecule has 0 saturated heterocycles. The molecule has 7 nitrogen and oxygen atoms in total. The van der Waals surface area contributed by atoms with E-state index in [9.17, 15) is 4.79 Å². The van der Waals surface area contributed by atoms with E-state index in [-0.39, 0.29) is 17.5 Å². The van der Waals surface area contributed by atoms with Crippen molar-refractivity contribution in [3.8, 4) is 11.5 Å². The highest BCUT2D eigenvalue weighted by Gasteiger charge is 2.39. The zero-order valence-electron chi connectivity index (χ0n) is 17.6. The monoisotopic (exact) mass is 402 g/mol. The van der Waals surface area contributed by atoms with E-state index in [2.05, 4.69) is 49.2 Å². The second-order valence-corrected chi connectivity index (χ2v) is 13.5. The number of anilines is 2. The maximum Gasteiger partial charge on any atom is 0.250 e. The minimum absolute atomic E-state index is 0.106. The van der Waals surface area contributed by atoms with E-state index in [1.165, 1.54) is 0 Å². The minimum atomic E-state index is -1.92. The van der Waals surface area contributed by atoms with Gasteiger partial charge in [-0.25, -0.2) is 0 Å². The van der Waals surface area contributed by atoms with Crippen molar-refractivity contribution >= 4 is 25.6 Å². The van der Waals surface area contributed by atoms with E-state index in [0.717, 1.165) is 18.0 Å². The van der Waals surface area contributed by atoms with E-state index in [0.29, 0.717) is 18.0 Å². The Labute approximate surface area is 167 Å². The van der Waals surface area contributed by atoms with E-state index in [1.807, 2.05) is 25.2 Å². The molecule has 2 aromatic rings. The van der Waals surface area contributed by atoms with Crippen molar-refractivity contribution in [2.75, 3.05) is 30.4 Å². The predicted octanol–water partition coefficient (Wildman–Crippen LogP) is 3.73. The summed E-state index contributed by atoms with van der Waals surface area (Å²) in [4.78, 5) is 14.5. The maximum absolute atomic E-state index is 12.4. The molecule has 0 fully saturated rings. The fourth-order valence-corrected chi connectivity index (χ4v) is 3.72. The predicted molar refractivity (Wildman–Crippen MR) is 114 cm³/mol. The number of likely N-dealkylation sites (N-methyl/N-ethyl adjacent to an activating group) is 1. The summed E-state index contributed by atoms with van der Waals surface area (Å²) >= 11 is 0. The molecule has 0 spiro atoms.